The minimum atomic E-state index is 0. The molecule has 2 atom stereocenters. The molecule has 0 radical (unpaired) electrons. The molecule has 0 spiro atoms. The number of benzene rings is 1. The van der Waals surface area contributed by atoms with Gasteiger partial charge in [-0.2, -0.15) is 5.10 Å². The van der Waals surface area contributed by atoms with Crippen LogP contribution in [0.15, 0.2) is 36.4 Å². The largest absolute Gasteiger partial charge is 0.332 e. The van der Waals surface area contributed by atoms with Gasteiger partial charge in [0.05, 0.1) is 17.1 Å². The molecule has 0 bridgehead atoms. The topological polar surface area (TPSA) is 50.2 Å². The highest BCUT2D eigenvalue weighted by Crippen LogP contribution is 2.30. The van der Waals surface area contributed by atoms with Crippen LogP contribution in [0.1, 0.15) is 34.8 Å². The minimum absolute atomic E-state index is 0. The van der Waals surface area contributed by atoms with E-state index in [0.29, 0.717) is 6.04 Å². The van der Waals surface area contributed by atoms with Crippen molar-refractivity contribution in [1.82, 2.24) is 20.0 Å². The maximum Gasteiger partial charge on any atom is 0.264 e. The molecule has 1 fully saturated rings. The van der Waals surface area contributed by atoms with Crippen LogP contribution >= 0.6 is 23.7 Å². The van der Waals surface area contributed by atoms with E-state index in [9.17, 15) is 4.79 Å². The summed E-state index contributed by atoms with van der Waals surface area (Å²) in [5.41, 5.74) is 2.19. The molecule has 3 heterocycles. The van der Waals surface area contributed by atoms with Gasteiger partial charge in [-0.3, -0.25) is 9.48 Å². The lowest BCUT2D eigenvalue weighted by atomic mass is 10.1. The Morgan fingerprint density at radius 1 is 1.30 bits per heavy atom. The summed E-state index contributed by atoms with van der Waals surface area (Å²) in [6.45, 7) is 8.60. The van der Waals surface area contributed by atoms with Gasteiger partial charge in [0.15, 0.2) is 0 Å². The lowest BCUT2D eigenvalue weighted by molar-refractivity contribution is 0.0608. The first-order chi connectivity index (χ1) is 12.5. The number of fused-ring (bicyclic) bond motifs is 1. The zero-order valence-electron chi connectivity index (χ0n) is 15.8. The van der Waals surface area contributed by atoms with Gasteiger partial charge in [-0.25, -0.2) is 0 Å². The summed E-state index contributed by atoms with van der Waals surface area (Å²) in [6.07, 6.45) is 0. The third kappa shape index (κ3) is 3.74. The summed E-state index contributed by atoms with van der Waals surface area (Å²) in [7, 11) is 0. The molecule has 27 heavy (non-hydrogen) atoms. The van der Waals surface area contributed by atoms with Gasteiger partial charge in [0.25, 0.3) is 5.91 Å². The van der Waals surface area contributed by atoms with Crippen molar-refractivity contribution in [2.75, 3.05) is 13.1 Å². The van der Waals surface area contributed by atoms with Gasteiger partial charge in [0.1, 0.15) is 4.83 Å². The molecule has 2 unspecified atom stereocenters. The van der Waals surface area contributed by atoms with Crippen molar-refractivity contribution in [3.63, 3.8) is 0 Å². The molecule has 2 aromatic heterocycles. The van der Waals surface area contributed by atoms with Gasteiger partial charge in [0, 0.05) is 30.6 Å². The lowest BCUT2D eigenvalue weighted by Crippen LogP contribution is -2.57. The van der Waals surface area contributed by atoms with E-state index in [1.807, 2.05) is 40.8 Å². The molecule has 5 nitrogen and oxygen atoms in total. The quantitative estimate of drug-likeness (QED) is 0.724. The summed E-state index contributed by atoms with van der Waals surface area (Å²) >= 11 is 1.56. The minimum Gasteiger partial charge on any atom is -0.332 e. The van der Waals surface area contributed by atoms with E-state index in [4.69, 9.17) is 0 Å². The van der Waals surface area contributed by atoms with E-state index in [1.54, 1.807) is 11.3 Å². The third-order valence-electron chi connectivity index (χ3n) is 5.29. The Morgan fingerprint density at radius 2 is 2.04 bits per heavy atom. The molecule has 1 N–H and O–H groups in total. The Balaban J connectivity index is 0.00000210. The van der Waals surface area contributed by atoms with Crippen LogP contribution in [0.4, 0.5) is 0 Å². The molecule has 1 aliphatic rings. The normalized spacial score (nSPS) is 19.9. The number of hydrogen-bond acceptors (Lipinski definition) is 4. The van der Waals surface area contributed by atoms with Gasteiger partial charge in [-0.1, -0.05) is 30.3 Å². The predicted molar refractivity (Wildman–Crippen MR) is 113 cm³/mol. The molecule has 1 amide bonds. The molecule has 0 saturated carbocycles. The number of carbonyl (C=O) groups excluding carboxylic acids is 1. The van der Waals surface area contributed by atoms with Gasteiger partial charge >= 0.3 is 0 Å². The fourth-order valence-electron chi connectivity index (χ4n) is 3.57. The number of aryl methyl sites for hydroxylation is 1. The van der Waals surface area contributed by atoms with Crippen LogP contribution in [-0.2, 0) is 6.54 Å². The highest BCUT2D eigenvalue weighted by Gasteiger charge is 2.30. The van der Waals surface area contributed by atoms with Gasteiger partial charge in [-0.05, 0) is 32.4 Å². The Kier molecular flexibility index (Phi) is 5.89. The average molecular weight is 405 g/mol. The number of hydrogen-bond donors (Lipinski definition) is 1. The van der Waals surface area contributed by atoms with E-state index >= 15 is 0 Å². The van der Waals surface area contributed by atoms with Crippen LogP contribution in [0.3, 0.4) is 0 Å². The number of thiophene rings is 1. The average Bonchev–Trinajstić information content (AvgIpc) is 3.19. The van der Waals surface area contributed by atoms with Crippen molar-refractivity contribution >= 4 is 39.9 Å². The molecule has 1 aliphatic heterocycles. The summed E-state index contributed by atoms with van der Waals surface area (Å²) in [5, 5.41) is 9.20. The van der Waals surface area contributed by atoms with Crippen molar-refractivity contribution in [2.45, 2.75) is 39.4 Å². The summed E-state index contributed by atoms with van der Waals surface area (Å²) in [5.74, 6) is 0.137. The molecule has 4 rings (SSSR count). The van der Waals surface area contributed by atoms with Crippen molar-refractivity contribution in [2.24, 2.45) is 0 Å². The van der Waals surface area contributed by atoms with E-state index in [-0.39, 0.29) is 24.4 Å². The first-order valence-electron chi connectivity index (χ1n) is 9.10. The van der Waals surface area contributed by atoms with Crippen LogP contribution in [-0.4, -0.2) is 45.8 Å². The summed E-state index contributed by atoms with van der Waals surface area (Å²) in [6, 6.07) is 12.8. The molecule has 3 aromatic rings. The van der Waals surface area contributed by atoms with E-state index < -0.39 is 0 Å². The van der Waals surface area contributed by atoms with Crippen molar-refractivity contribution in [3.05, 3.63) is 52.5 Å². The molecule has 0 aliphatic carbocycles. The monoisotopic (exact) mass is 404 g/mol. The number of nitrogens with one attached hydrogen (secondary N) is 1. The Labute approximate surface area is 169 Å². The predicted octanol–water partition coefficient (Wildman–Crippen LogP) is 3.70. The first kappa shape index (κ1) is 19.9. The second-order valence-electron chi connectivity index (χ2n) is 7.04. The van der Waals surface area contributed by atoms with Gasteiger partial charge in [0.2, 0.25) is 0 Å². The number of rotatable bonds is 3. The zero-order valence-corrected chi connectivity index (χ0v) is 17.4. The summed E-state index contributed by atoms with van der Waals surface area (Å²) in [4.78, 5) is 17.0. The second kappa shape index (κ2) is 8.00. The second-order valence-corrected chi connectivity index (χ2v) is 8.07. The molecular formula is C20H25ClN4OS. The van der Waals surface area contributed by atoms with Crippen LogP contribution in [0.2, 0.25) is 0 Å². The Morgan fingerprint density at radius 3 is 2.78 bits per heavy atom. The maximum absolute atomic E-state index is 13.1. The van der Waals surface area contributed by atoms with Crippen LogP contribution < -0.4 is 5.32 Å². The highest BCUT2D eigenvalue weighted by atomic mass is 35.5. The number of nitrogens with zero attached hydrogens (tertiary/aromatic N) is 3. The first-order valence-corrected chi connectivity index (χ1v) is 9.91. The fourth-order valence-corrected chi connectivity index (χ4v) is 4.68. The van der Waals surface area contributed by atoms with Crippen LogP contribution in [0, 0.1) is 6.92 Å². The number of carbonyl (C=O) groups is 1. The van der Waals surface area contributed by atoms with Crippen molar-refractivity contribution < 1.29 is 4.79 Å². The lowest BCUT2D eigenvalue weighted by Gasteiger charge is -2.38. The molecular weight excluding hydrogens is 380 g/mol. The van der Waals surface area contributed by atoms with E-state index in [1.165, 1.54) is 5.56 Å². The summed E-state index contributed by atoms with van der Waals surface area (Å²) < 4.78 is 2.02. The smallest absolute Gasteiger partial charge is 0.264 e. The highest BCUT2D eigenvalue weighted by molar-refractivity contribution is 7.20. The molecule has 1 saturated heterocycles. The third-order valence-corrected chi connectivity index (χ3v) is 6.42. The van der Waals surface area contributed by atoms with Gasteiger partial charge < -0.3 is 10.2 Å². The van der Waals surface area contributed by atoms with Crippen LogP contribution in [0.25, 0.3) is 10.2 Å². The molecule has 7 heteroatoms. The SMILES string of the molecule is Cc1nn(Cc2ccccc2)c2sc(C(=O)N3CCNC(C)C3C)cc12.Cl. The molecule has 1 aromatic carbocycles. The Bertz CT molecular complexity index is 936. The van der Waals surface area contributed by atoms with Gasteiger partial charge in [-0.15, -0.1) is 23.7 Å². The molecule has 144 valence electrons. The van der Waals surface area contributed by atoms with Crippen molar-refractivity contribution in [1.29, 1.82) is 0 Å². The fraction of sp³-hybridized carbons (Fsp3) is 0.400. The standard InChI is InChI=1S/C20H24N4OS.ClH/c1-13-15(3)23(10-9-21-13)19(25)18-11-17-14(2)22-24(20(17)26-18)12-16-7-5-4-6-8-16;/h4-8,11,13,15,21H,9-10,12H2,1-3H3;1H. The number of amides is 1. The maximum atomic E-state index is 13.1. The Hall–Kier alpha value is -1.89. The number of aromatic nitrogens is 2. The van der Waals surface area contributed by atoms with E-state index in [0.717, 1.165) is 40.4 Å². The number of halogens is 1. The number of piperazine rings is 1. The van der Waals surface area contributed by atoms with E-state index in [2.05, 4.69) is 36.4 Å². The van der Waals surface area contributed by atoms with Crippen molar-refractivity contribution in [3.8, 4) is 0 Å². The zero-order chi connectivity index (χ0) is 18.3. The van der Waals surface area contributed by atoms with Crippen LogP contribution in [0.5, 0.6) is 0 Å².